The molecule has 0 unspecified atom stereocenters. The van der Waals surface area contributed by atoms with Crippen molar-refractivity contribution in [2.45, 2.75) is 4.90 Å². The molecule has 2 fully saturated rings. The third-order valence-electron chi connectivity index (χ3n) is 4.00. The summed E-state index contributed by atoms with van der Waals surface area (Å²) in [5, 5.41) is 1.40. The Bertz CT molecular complexity index is 613. The maximum Gasteiger partial charge on any atom is 0.203 e. The van der Waals surface area contributed by atoms with Crippen molar-refractivity contribution in [3.63, 3.8) is 0 Å². The van der Waals surface area contributed by atoms with Crippen LogP contribution in [0.25, 0.3) is 0 Å². The number of hydrogen-bond donors (Lipinski definition) is 0. The summed E-state index contributed by atoms with van der Waals surface area (Å²) in [5.74, 6) is 0.750. The summed E-state index contributed by atoms with van der Waals surface area (Å²) in [6.45, 7) is 5.28. The largest absolute Gasteiger partial charge is 0.378 e. The Morgan fingerprint density at radius 3 is 1.83 bits per heavy atom. The van der Waals surface area contributed by atoms with Crippen molar-refractivity contribution in [2.24, 2.45) is 0 Å². The highest BCUT2D eigenvalue weighted by Crippen LogP contribution is 2.20. The van der Waals surface area contributed by atoms with E-state index in [1.165, 1.54) is 5.41 Å². The van der Waals surface area contributed by atoms with Gasteiger partial charge in [0.15, 0.2) is 0 Å². The van der Waals surface area contributed by atoms with Crippen molar-refractivity contribution in [1.29, 1.82) is 0 Å². The number of nitrogens with zero attached hydrogens (tertiary/aromatic N) is 2. The summed E-state index contributed by atoms with van der Waals surface area (Å²) in [4.78, 5) is 4.50. The summed E-state index contributed by atoms with van der Waals surface area (Å²) in [6.07, 6.45) is 0. The first-order chi connectivity index (χ1) is 11.2. The second-order valence-electron chi connectivity index (χ2n) is 5.53. The van der Waals surface area contributed by atoms with Gasteiger partial charge in [0.2, 0.25) is 9.84 Å². The van der Waals surface area contributed by atoms with Crippen molar-refractivity contribution in [3.05, 3.63) is 41.6 Å². The van der Waals surface area contributed by atoms with Gasteiger partial charge in [-0.2, -0.15) is 0 Å². The van der Waals surface area contributed by atoms with Crippen LogP contribution >= 0.6 is 0 Å². The van der Waals surface area contributed by atoms with Crippen molar-refractivity contribution in [2.75, 3.05) is 52.6 Å². The number of rotatable bonds is 4. The second-order valence-corrected chi connectivity index (χ2v) is 7.33. The molecule has 126 valence electrons. The maximum absolute atomic E-state index is 12.7. The molecule has 0 aromatic heterocycles. The third-order valence-corrected chi connectivity index (χ3v) is 5.45. The van der Waals surface area contributed by atoms with Crippen molar-refractivity contribution in [3.8, 4) is 0 Å². The lowest BCUT2D eigenvalue weighted by atomic mass is 10.3. The first kappa shape index (κ1) is 16.3. The molecule has 0 aliphatic carbocycles. The van der Waals surface area contributed by atoms with Crippen molar-refractivity contribution in [1.82, 2.24) is 9.80 Å². The second kappa shape index (κ2) is 7.33. The van der Waals surface area contributed by atoms with Gasteiger partial charge < -0.3 is 19.3 Å². The molecule has 0 N–H and O–H groups in total. The standard InChI is InChI=1S/C16H22N2O4S/c19-23(20,15-4-2-1-3-5-15)14-16(17-6-10-21-11-7-17)18-8-12-22-13-9-18/h1-5,14H,6-13H2. The molecule has 1 aromatic carbocycles. The smallest absolute Gasteiger partial charge is 0.203 e. The van der Waals surface area contributed by atoms with Crippen LogP contribution in [-0.2, 0) is 19.3 Å². The Labute approximate surface area is 137 Å². The van der Waals surface area contributed by atoms with E-state index in [0.717, 1.165) is 5.82 Å². The van der Waals surface area contributed by atoms with Crippen LogP contribution in [0, 0.1) is 0 Å². The van der Waals surface area contributed by atoms with Gasteiger partial charge in [-0.25, -0.2) is 8.42 Å². The minimum Gasteiger partial charge on any atom is -0.378 e. The number of sulfone groups is 1. The fraction of sp³-hybridized carbons (Fsp3) is 0.500. The van der Waals surface area contributed by atoms with E-state index in [2.05, 4.69) is 9.80 Å². The van der Waals surface area contributed by atoms with Crippen molar-refractivity contribution >= 4 is 9.84 Å². The summed E-state index contributed by atoms with van der Waals surface area (Å²) in [6, 6.07) is 8.55. The van der Waals surface area contributed by atoms with E-state index < -0.39 is 9.84 Å². The average Bonchev–Trinajstić information content (AvgIpc) is 2.62. The fourth-order valence-corrected chi connectivity index (χ4v) is 4.00. The highest BCUT2D eigenvalue weighted by Gasteiger charge is 2.24. The monoisotopic (exact) mass is 338 g/mol. The molecule has 2 saturated heterocycles. The molecule has 0 spiro atoms. The maximum atomic E-state index is 12.7. The highest BCUT2D eigenvalue weighted by atomic mass is 32.2. The molecule has 1 aromatic rings. The Morgan fingerprint density at radius 1 is 0.870 bits per heavy atom. The Balaban J connectivity index is 1.92. The molecule has 3 rings (SSSR count). The van der Waals surface area contributed by atoms with Gasteiger partial charge in [0, 0.05) is 26.2 Å². The molecule has 23 heavy (non-hydrogen) atoms. The summed E-state index contributed by atoms with van der Waals surface area (Å²) < 4.78 is 36.3. The molecule has 0 atom stereocenters. The van der Waals surface area contributed by atoms with E-state index in [9.17, 15) is 8.42 Å². The SMILES string of the molecule is O=S(=O)(C=C(N1CCOCC1)N1CCOCC1)c1ccccc1. The minimum absolute atomic E-state index is 0.319. The zero-order valence-corrected chi connectivity index (χ0v) is 13.9. The first-order valence-corrected chi connectivity index (χ1v) is 9.39. The van der Waals surface area contributed by atoms with Crippen LogP contribution in [0.1, 0.15) is 0 Å². The van der Waals surface area contributed by atoms with Crippen LogP contribution < -0.4 is 0 Å². The summed E-state index contributed by atoms with van der Waals surface area (Å²) in [5.41, 5.74) is 0. The molecular weight excluding hydrogens is 316 g/mol. The average molecular weight is 338 g/mol. The molecule has 2 aliphatic rings. The molecule has 6 nitrogen and oxygen atoms in total. The molecule has 0 amide bonds. The highest BCUT2D eigenvalue weighted by molar-refractivity contribution is 7.94. The van der Waals surface area contributed by atoms with Crippen LogP contribution in [0.2, 0.25) is 0 Å². The zero-order valence-electron chi connectivity index (χ0n) is 13.1. The number of ether oxygens (including phenoxy) is 2. The van der Waals surface area contributed by atoms with Crippen LogP contribution in [0.5, 0.6) is 0 Å². The van der Waals surface area contributed by atoms with Gasteiger partial charge in [0.25, 0.3) is 0 Å². The molecule has 0 saturated carbocycles. The predicted octanol–water partition coefficient (Wildman–Crippen LogP) is 0.924. The molecule has 0 radical (unpaired) electrons. The zero-order chi connectivity index (χ0) is 16.1. The number of morpholine rings is 2. The normalized spacial score (nSPS) is 19.5. The predicted molar refractivity (Wildman–Crippen MR) is 86.5 cm³/mol. The Morgan fingerprint density at radius 2 is 1.35 bits per heavy atom. The lowest BCUT2D eigenvalue weighted by Gasteiger charge is -2.39. The van der Waals surface area contributed by atoms with Crippen LogP contribution in [0.15, 0.2) is 46.5 Å². The van der Waals surface area contributed by atoms with Crippen LogP contribution in [0.3, 0.4) is 0 Å². The van der Waals surface area contributed by atoms with Gasteiger partial charge in [-0.1, -0.05) is 18.2 Å². The molecule has 7 heteroatoms. The van der Waals surface area contributed by atoms with E-state index >= 15 is 0 Å². The van der Waals surface area contributed by atoms with Gasteiger partial charge in [0.1, 0.15) is 5.82 Å². The summed E-state index contributed by atoms with van der Waals surface area (Å²) >= 11 is 0. The van der Waals surface area contributed by atoms with Crippen LogP contribution in [0.4, 0.5) is 0 Å². The van der Waals surface area contributed by atoms with Gasteiger partial charge >= 0.3 is 0 Å². The van der Waals surface area contributed by atoms with Crippen molar-refractivity contribution < 1.29 is 17.9 Å². The Kier molecular flexibility index (Phi) is 5.20. The Hall–Kier alpha value is -1.57. The van der Waals surface area contributed by atoms with Gasteiger partial charge in [0.05, 0.1) is 36.7 Å². The van der Waals surface area contributed by atoms with Gasteiger partial charge in [-0.05, 0) is 12.1 Å². The number of benzene rings is 1. The third kappa shape index (κ3) is 4.04. The lowest BCUT2D eigenvalue weighted by molar-refractivity contribution is 0.00890. The minimum atomic E-state index is -3.49. The number of hydrogen-bond acceptors (Lipinski definition) is 6. The van der Waals surface area contributed by atoms with Gasteiger partial charge in [-0.3, -0.25) is 0 Å². The van der Waals surface area contributed by atoms with E-state index in [1.807, 2.05) is 6.07 Å². The van der Waals surface area contributed by atoms with E-state index in [-0.39, 0.29) is 0 Å². The van der Waals surface area contributed by atoms with E-state index in [0.29, 0.717) is 57.5 Å². The summed E-state index contributed by atoms with van der Waals surface area (Å²) in [7, 11) is -3.49. The van der Waals surface area contributed by atoms with E-state index in [4.69, 9.17) is 9.47 Å². The fourth-order valence-electron chi connectivity index (χ4n) is 2.75. The van der Waals surface area contributed by atoms with Crippen LogP contribution in [-0.4, -0.2) is 70.8 Å². The first-order valence-electron chi connectivity index (χ1n) is 7.84. The molecule has 0 bridgehead atoms. The molecular formula is C16H22N2O4S. The van der Waals surface area contributed by atoms with Gasteiger partial charge in [-0.15, -0.1) is 0 Å². The molecule has 2 aliphatic heterocycles. The molecule has 2 heterocycles. The lowest BCUT2D eigenvalue weighted by Crippen LogP contribution is -2.46. The quantitative estimate of drug-likeness (QED) is 0.814. The van der Waals surface area contributed by atoms with E-state index in [1.54, 1.807) is 24.3 Å². The topological polar surface area (TPSA) is 59.1 Å².